The van der Waals surface area contributed by atoms with Gasteiger partial charge in [-0.3, -0.25) is 4.79 Å². The number of phenols is 1. The Labute approximate surface area is 224 Å². The fourth-order valence-corrected chi connectivity index (χ4v) is 4.17. The number of amides is 1. The number of aromatic hydroxyl groups is 1. The first-order valence-electron chi connectivity index (χ1n) is 13.3. The van der Waals surface area contributed by atoms with Crippen LogP contribution >= 0.6 is 0 Å². The molecule has 1 amide bonds. The lowest BCUT2D eigenvalue weighted by Gasteiger charge is -2.25. The molecule has 0 aliphatic carbocycles. The second-order valence-electron chi connectivity index (χ2n) is 9.00. The highest BCUT2D eigenvalue weighted by Gasteiger charge is 2.22. The number of halogens is 2. The zero-order valence-electron chi connectivity index (χ0n) is 22.5. The Hall–Kier alpha value is -3.29. The summed E-state index contributed by atoms with van der Waals surface area (Å²) in [6.07, 6.45) is 1.01. The summed E-state index contributed by atoms with van der Waals surface area (Å²) in [5, 5.41) is 27.0. The number of aliphatic hydroxyl groups is 1. The SMILES string of the molecule is CC.CCc1cccc(CNCC[C@@H](O)C(CCc2cc(F)cc(F)c2)NC(=O)Cc2ccccc2O)c1. The molecule has 0 radical (unpaired) electrons. The molecule has 0 saturated heterocycles. The number of carbonyl (C=O) groups is 1. The van der Waals surface area contributed by atoms with E-state index >= 15 is 0 Å². The van der Waals surface area contributed by atoms with Gasteiger partial charge in [-0.25, -0.2) is 8.78 Å². The van der Waals surface area contributed by atoms with E-state index in [1.165, 1.54) is 23.8 Å². The number of carbonyl (C=O) groups excluding carboxylic acids is 1. The number of aliphatic hydroxyl groups excluding tert-OH is 1. The van der Waals surface area contributed by atoms with E-state index in [0.717, 1.165) is 18.1 Å². The van der Waals surface area contributed by atoms with Crippen molar-refractivity contribution >= 4 is 5.91 Å². The molecular formula is C31H40F2N2O3. The summed E-state index contributed by atoms with van der Waals surface area (Å²) in [6, 6.07) is 17.6. The molecule has 0 saturated carbocycles. The minimum Gasteiger partial charge on any atom is -0.508 e. The molecule has 4 N–H and O–H groups in total. The standard InChI is InChI=1S/C29H34F2N2O3.C2H6/c1-2-20-6-5-7-22(14-20)19-32-13-12-28(35)26(11-10-21-15-24(30)18-25(31)16-21)33-29(36)17-23-8-3-4-9-27(23)34;1-2/h3-9,14-16,18,26,28,32,34-35H,2,10-13,17,19H2,1H3,(H,33,36);1-2H3/t26?,28-;/m1./s1. The van der Waals surface area contributed by atoms with Crippen LogP contribution in [0.5, 0.6) is 5.75 Å². The number of hydrogen-bond donors (Lipinski definition) is 4. The Bertz CT molecular complexity index is 1120. The number of para-hydroxylation sites is 1. The molecule has 0 bridgehead atoms. The summed E-state index contributed by atoms with van der Waals surface area (Å²) in [5.41, 5.74) is 3.35. The highest BCUT2D eigenvalue weighted by atomic mass is 19.1. The quantitative estimate of drug-likeness (QED) is 0.223. The predicted octanol–water partition coefficient (Wildman–Crippen LogP) is 5.46. The van der Waals surface area contributed by atoms with Crippen molar-refractivity contribution in [3.63, 3.8) is 0 Å². The van der Waals surface area contributed by atoms with Gasteiger partial charge in [-0.05, 0) is 67.1 Å². The van der Waals surface area contributed by atoms with Gasteiger partial charge >= 0.3 is 0 Å². The number of benzene rings is 3. The topological polar surface area (TPSA) is 81.6 Å². The third-order valence-corrected chi connectivity index (χ3v) is 6.17. The molecule has 0 heterocycles. The van der Waals surface area contributed by atoms with Crippen molar-refractivity contribution in [2.75, 3.05) is 6.54 Å². The smallest absolute Gasteiger partial charge is 0.224 e. The molecule has 0 fully saturated rings. The summed E-state index contributed by atoms with van der Waals surface area (Å²) in [6.45, 7) is 7.29. The number of aryl methyl sites for hydroxylation is 2. The van der Waals surface area contributed by atoms with Crippen LogP contribution in [0.25, 0.3) is 0 Å². The average molecular weight is 527 g/mol. The first-order chi connectivity index (χ1) is 18.3. The molecule has 0 aliphatic heterocycles. The highest BCUT2D eigenvalue weighted by molar-refractivity contribution is 5.79. The van der Waals surface area contributed by atoms with Crippen LogP contribution in [-0.2, 0) is 30.6 Å². The third kappa shape index (κ3) is 10.6. The van der Waals surface area contributed by atoms with Crippen molar-refractivity contribution in [1.29, 1.82) is 0 Å². The molecule has 1 unspecified atom stereocenters. The van der Waals surface area contributed by atoms with Gasteiger partial charge in [0.15, 0.2) is 0 Å². The lowest BCUT2D eigenvalue weighted by molar-refractivity contribution is -0.122. The average Bonchev–Trinajstić information content (AvgIpc) is 2.91. The maximum Gasteiger partial charge on any atom is 0.224 e. The summed E-state index contributed by atoms with van der Waals surface area (Å²) in [5.74, 6) is -1.66. The zero-order chi connectivity index (χ0) is 27.9. The molecule has 2 atom stereocenters. The van der Waals surface area contributed by atoms with Gasteiger partial charge in [-0.15, -0.1) is 0 Å². The fourth-order valence-electron chi connectivity index (χ4n) is 4.17. The van der Waals surface area contributed by atoms with Gasteiger partial charge in [0.25, 0.3) is 0 Å². The van der Waals surface area contributed by atoms with Crippen molar-refractivity contribution in [2.24, 2.45) is 0 Å². The van der Waals surface area contributed by atoms with Crippen LogP contribution in [-0.4, -0.2) is 34.8 Å². The minimum atomic E-state index is -0.869. The molecule has 0 aliphatic rings. The second kappa shape index (κ2) is 16.5. The van der Waals surface area contributed by atoms with Crippen molar-refractivity contribution in [3.8, 4) is 5.75 Å². The summed E-state index contributed by atoms with van der Waals surface area (Å²) in [4.78, 5) is 12.7. The lowest BCUT2D eigenvalue weighted by Crippen LogP contribution is -2.45. The highest BCUT2D eigenvalue weighted by Crippen LogP contribution is 2.17. The van der Waals surface area contributed by atoms with Crippen LogP contribution in [0.1, 0.15) is 55.9 Å². The van der Waals surface area contributed by atoms with E-state index in [2.05, 4.69) is 29.7 Å². The van der Waals surface area contributed by atoms with Gasteiger partial charge in [-0.1, -0.05) is 63.2 Å². The van der Waals surface area contributed by atoms with E-state index < -0.39 is 23.8 Å². The molecule has 3 aromatic carbocycles. The molecular weight excluding hydrogens is 486 g/mol. The first kappa shape index (κ1) is 30.9. The van der Waals surface area contributed by atoms with Crippen LogP contribution in [0, 0.1) is 11.6 Å². The largest absolute Gasteiger partial charge is 0.508 e. The van der Waals surface area contributed by atoms with E-state index in [9.17, 15) is 23.8 Å². The van der Waals surface area contributed by atoms with Crippen molar-refractivity contribution in [2.45, 2.75) is 71.6 Å². The number of rotatable bonds is 13. The maximum atomic E-state index is 13.6. The van der Waals surface area contributed by atoms with E-state index in [0.29, 0.717) is 37.1 Å². The van der Waals surface area contributed by atoms with Gasteiger partial charge in [0.05, 0.1) is 18.6 Å². The van der Waals surface area contributed by atoms with Crippen LogP contribution in [0.2, 0.25) is 0 Å². The van der Waals surface area contributed by atoms with Gasteiger partial charge in [0.2, 0.25) is 5.91 Å². The Morgan fingerprint density at radius 2 is 1.58 bits per heavy atom. The number of hydrogen-bond acceptors (Lipinski definition) is 4. The predicted molar refractivity (Wildman–Crippen MR) is 148 cm³/mol. The van der Waals surface area contributed by atoms with E-state index in [-0.39, 0.29) is 24.5 Å². The van der Waals surface area contributed by atoms with Crippen molar-refractivity contribution in [1.82, 2.24) is 10.6 Å². The molecule has 38 heavy (non-hydrogen) atoms. The molecule has 0 aromatic heterocycles. The summed E-state index contributed by atoms with van der Waals surface area (Å²) < 4.78 is 27.2. The second-order valence-corrected chi connectivity index (χ2v) is 9.00. The molecule has 5 nitrogen and oxygen atoms in total. The van der Waals surface area contributed by atoms with E-state index in [1.54, 1.807) is 18.2 Å². The summed E-state index contributed by atoms with van der Waals surface area (Å²) >= 11 is 0. The molecule has 206 valence electrons. The Morgan fingerprint density at radius 1 is 0.895 bits per heavy atom. The number of phenolic OH excluding ortho intramolecular Hbond substituents is 1. The zero-order valence-corrected chi connectivity index (χ0v) is 22.5. The van der Waals surface area contributed by atoms with E-state index in [4.69, 9.17) is 0 Å². The fraction of sp³-hybridized carbons (Fsp3) is 0.387. The van der Waals surface area contributed by atoms with Gasteiger partial charge in [-0.2, -0.15) is 0 Å². The van der Waals surface area contributed by atoms with Gasteiger partial charge in [0, 0.05) is 18.2 Å². The monoisotopic (exact) mass is 526 g/mol. The van der Waals surface area contributed by atoms with Crippen LogP contribution in [0.15, 0.2) is 66.7 Å². The number of nitrogens with one attached hydrogen (secondary N) is 2. The third-order valence-electron chi connectivity index (χ3n) is 6.17. The Morgan fingerprint density at radius 3 is 2.26 bits per heavy atom. The van der Waals surface area contributed by atoms with Crippen LogP contribution < -0.4 is 10.6 Å². The summed E-state index contributed by atoms with van der Waals surface area (Å²) in [7, 11) is 0. The Kier molecular flexibility index (Phi) is 13.5. The van der Waals surface area contributed by atoms with Gasteiger partial charge < -0.3 is 20.8 Å². The normalized spacial score (nSPS) is 12.3. The van der Waals surface area contributed by atoms with Crippen LogP contribution in [0.4, 0.5) is 8.78 Å². The maximum absolute atomic E-state index is 13.6. The molecule has 7 heteroatoms. The molecule has 3 rings (SSSR count). The van der Waals surface area contributed by atoms with Crippen molar-refractivity contribution < 1.29 is 23.8 Å². The first-order valence-corrected chi connectivity index (χ1v) is 13.3. The Balaban J connectivity index is 0.00000247. The molecule has 3 aromatic rings. The van der Waals surface area contributed by atoms with Gasteiger partial charge in [0.1, 0.15) is 17.4 Å². The van der Waals surface area contributed by atoms with Crippen LogP contribution in [0.3, 0.4) is 0 Å². The minimum absolute atomic E-state index is 0.0244. The molecule has 0 spiro atoms. The van der Waals surface area contributed by atoms with Crippen molar-refractivity contribution in [3.05, 3.63) is 101 Å². The lowest BCUT2D eigenvalue weighted by atomic mass is 9.98. The van der Waals surface area contributed by atoms with E-state index in [1.807, 2.05) is 26.0 Å².